The van der Waals surface area contributed by atoms with Gasteiger partial charge in [-0.2, -0.15) is 4.89 Å². The average Bonchev–Trinajstić information content (AvgIpc) is 3.44. The van der Waals surface area contributed by atoms with Crippen LogP contribution in [0.2, 0.25) is 0 Å². The second kappa shape index (κ2) is 10.3. The van der Waals surface area contributed by atoms with E-state index in [4.69, 9.17) is 24.0 Å². The van der Waals surface area contributed by atoms with E-state index in [2.05, 4.69) is 4.90 Å². The summed E-state index contributed by atoms with van der Waals surface area (Å²) >= 11 is 0. The summed E-state index contributed by atoms with van der Waals surface area (Å²) in [5.74, 6) is -1.00. The van der Waals surface area contributed by atoms with E-state index in [9.17, 15) is 9.90 Å². The van der Waals surface area contributed by atoms with Crippen molar-refractivity contribution in [1.82, 2.24) is 4.90 Å². The number of aliphatic hydroxyl groups is 1. The lowest BCUT2D eigenvalue weighted by Crippen LogP contribution is -2.29. The highest BCUT2D eigenvalue weighted by molar-refractivity contribution is 5.97. The van der Waals surface area contributed by atoms with Crippen LogP contribution in [-0.4, -0.2) is 56.9 Å². The monoisotopic (exact) mass is 467 g/mol. The number of nitrogens with zero attached hydrogens (tertiary/aromatic N) is 1. The van der Waals surface area contributed by atoms with Crippen LogP contribution in [0.5, 0.6) is 11.5 Å². The summed E-state index contributed by atoms with van der Waals surface area (Å²) in [4.78, 5) is 25.1. The number of esters is 1. The van der Waals surface area contributed by atoms with Crippen molar-refractivity contribution >= 4 is 5.97 Å². The summed E-state index contributed by atoms with van der Waals surface area (Å²) < 4.78 is 16.5. The molecule has 0 radical (unpaired) electrons. The first-order chi connectivity index (χ1) is 16.4. The predicted octanol–water partition coefficient (Wildman–Crippen LogP) is 3.11. The minimum absolute atomic E-state index is 0.167. The summed E-state index contributed by atoms with van der Waals surface area (Å²) in [6.07, 6.45) is 2.82. The van der Waals surface area contributed by atoms with Gasteiger partial charge in [-0.15, -0.1) is 0 Å². The molecule has 8 heteroatoms. The third kappa shape index (κ3) is 5.09. The second-order valence-corrected chi connectivity index (χ2v) is 8.38. The largest absolute Gasteiger partial charge is 0.497 e. The molecule has 0 saturated heterocycles. The normalized spacial score (nSPS) is 19.8. The minimum Gasteiger partial charge on any atom is -0.497 e. The Balaban J connectivity index is 1.60. The van der Waals surface area contributed by atoms with Gasteiger partial charge in [0, 0.05) is 24.1 Å². The molecule has 0 spiro atoms. The molecule has 2 aliphatic rings. The molecule has 0 amide bonds. The number of carbonyl (C=O) groups excluding carboxylic acids is 1. The van der Waals surface area contributed by atoms with Crippen LogP contribution in [-0.2, 0) is 31.5 Å². The summed E-state index contributed by atoms with van der Waals surface area (Å²) in [5, 5.41) is 11.6. The first kappa shape index (κ1) is 23.8. The Labute approximate surface area is 198 Å². The Hall–Kier alpha value is -3.33. The Morgan fingerprint density at radius 2 is 1.76 bits per heavy atom. The van der Waals surface area contributed by atoms with Crippen molar-refractivity contribution in [2.24, 2.45) is 0 Å². The number of rotatable bonds is 10. The molecule has 2 aromatic rings. The van der Waals surface area contributed by atoms with E-state index in [0.29, 0.717) is 23.5 Å². The molecule has 0 bridgehead atoms. The Kier molecular flexibility index (Phi) is 7.21. The highest BCUT2D eigenvalue weighted by Crippen LogP contribution is 2.44. The molecule has 8 nitrogen and oxygen atoms in total. The molecule has 0 aliphatic carbocycles. The lowest BCUT2D eigenvalue weighted by atomic mass is 9.89. The lowest BCUT2D eigenvalue weighted by molar-refractivity contribution is -0.231. The maximum atomic E-state index is 12.9. The number of carbonyl (C=O) groups is 1. The molecule has 2 aliphatic heterocycles. The average molecular weight is 468 g/mol. The Morgan fingerprint density at radius 3 is 2.38 bits per heavy atom. The fourth-order valence-electron chi connectivity index (χ4n) is 3.91. The van der Waals surface area contributed by atoms with Crippen molar-refractivity contribution in [3.8, 4) is 11.5 Å². The van der Waals surface area contributed by atoms with Crippen molar-refractivity contribution in [2.45, 2.75) is 18.6 Å². The summed E-state index contributed by atoms with van der Waals surface area (Å²) in [6, 6.07) is 14.3. The van der Waals surface area contributed by atoms with E-state index < -0.39 is 11.8 Å². The van der Waals surface area contributed by atoms with Crippen LogP contribution >= 0.6 is 0 Å². The van der Waals surface area contributed by atoms with Crippen LogP contribution < -0.4 is 9.47 Å². The molecule has 4 rings (SSSR count). The Bertz CT molecular complexity index is 1070. The first-order valence-corrected chi connectivity index (χ1v) is 11.1. The van der Waals surface area contributed by atoms with Crippen molar-refractivity contribution in [3.05, 3.63) is 82.6 Å². The van der Waals surface area contributed by atoms with E-state index in [0.717, 1.165) is 24.3 Å². The zero-order valence-corrected chi connectivity index (χ0v) is 19.6. The Morgan fingerprint density at radius 1 is 1.06 bits per heavy atom. The van der Waals surface area contributed by atoms with Crippen molar-refractivity contribution < 1.29 is 33.9 Å². The number of methoxy groups -OCH3 is 1. The number of ether oxygens (including phenoxy) is 3. The fraction of sp³-hybridized carbons (Fsp3) is 0.346. The van der Waals surface area contributed by atoms with Gasteiger partial charge in [-0.25, -0.2) is 4.79 Å². The summed E-state index contributed by atoms with van der Waals surface area (Å²) in [6.45, 7) is 1.78. The van der Waals surface area contributed by atoms with Crippen LogP contribution in [0.4, 0.5) is 0 Å². The van der Waals surface area contributed by atoms with Crippen LogP contribution in [0.25, 0.3) is 0 Å². The summed E-state index contributed by atoms with van der Waals surface area (Å²) in [5.41, 5.74) is 1.82. The molecule has 180 valence electrons. The molecular formula is C26H29NO7. The van der Waals surface area contributed by atoms with Gasteiger partial charge in [-0.05, 0) is 68.6 Å². The van der Waals surface area contributed by atoms with Gasteiger partial charge >= 0.3 is 5.97 Å². The maximum absolute atomic E-state index is 12.9. The number of hydrogen-bond donors (Lipinski definition) is 1. The SMILES string of the molecule is COc1ccc(C2(O)OC(=O)C(C3=CCOO3)=C2Cc2ccc(OCCCN(C)C)cc2)cc1. The predicted molar refractivity (Wildman–Crippen MR) is 124 cm³/mol. The number of hydrogen-bond acceptors (Lipinski definition) is 8. The first-order valence-electron chi connectivity index (χ1n) is 11.1. The van der Waals surface area contributed by atoms with Crippen molar-refractivity contribution in [3.63, 3.8) is 0 Å². The van der Waals surface area contributed by atoms with Gasteiger partial charge < -0.3 is 29.1 Å². The van der Waals surface area contributed by atoms with E-state index in [1.54, 1.807) is 37.5 Å². The highest BCUT2D eigenvalue weighted by atomic mass is 17.2. The van der Waals surface area contributed by atoms with Crippen molar-refractivity contribution in [1.29, 1.82) is 0 Å². The topological polar surface area (TPSA) is 86.7 Å². The quantitative estimate of drug-likeness (QED) is 0.324. The molecule has 0 saturated carbocycles. The van der Waals surface area contributed by atoms with Crippen LogP contribution in [0.1, 0.15) is 17.5 Å². The fourth-order valence-corrected chi connectivity index (χ4v) is 3.91. The van der Waals surface area contributed by atoms with Gasteiger partial charge in [-0.3, -0.25) is 0 Å². The smallest absolute Gasteiger partial charge is 0.345 e. The van der Waals surface area contributed by atoms with Crippen LogP contribution in [0.15, 0.2) is 71.5 Å². The van der Waals surface area contributed by atoms with Gasteiger partial charge in [-0.1, -0.05) is 12.1 Å². The van der Waals surface area contributed by atoms with Gasteiger partial charge in [0.2, 0.25) is 0 Å². The number of cyclic esters (lactones) is 1. The van der Waals surface area contributed by atoms with Crippen LogP contribution in [0.3, 0.4) is 0 Å². The molecule has 0 fully saturated rings. The summed E-state index contributed by atoms with van der Waals surface area (Å²) in [7, 11) is 5.62. The van der Waals surface area contributed by atoms with Crippen LogP contribution in [0, 0.1) is 0 Å². The second-order valence-electron chi connectivity index (χ2n) is 8.38. The highest BCUT2D eigenvalue weighted by Gasteiger charge is 2.49. The zero-order valence-electron chi connectivity index (χ0n) is 19.6. The molecule has 34 heavy (non-hydrogen) atoms. The number of benzene rings is 2. The lowest BCUT2D eigenvalue weighted by Gasteiger charge is -2.26. The third-order valence-corrected chi connectivity index (χ3v) is 5.69. The van der Waals surface area contributed by atoms with Gasteiger partial charge in [0.25, 0.3) is 5.79 Å². The standard InChI is InChI=1S/C26H29NO7/c1-27(2)14-4-15-31-21-9-5-18(6-10-21)17-22-24(23-13-16-32-34-23)25(28)33-26(22,29)19-7-11-20(30-3)12-8-19/h5-13,29H,4,14-17H2,1-3H3. The van der Waals surface area contributed by atoms with Gasteiger partial charge in [0.1, 0.15) is 23.7 Å². The molecule has 2 heterocycles. The van der Waals surface area contributed by atoms with E-state index >= 15 is 0 Å². The van der Waals surface area contributed by atoms with Crippen molar-refractivity contribution in [2.75, 3.05) is 41.0 Å². The molecule has 1 N–H and O–H groups in total. The zero-order chi connectivity index (χ0) is 24.1. The molecule has 2 aromatic carbocycles. The third-order valence-electron chi connectivity index (χ3n) is 5.69. The molecular weight excluding hydrogens is 438 g/mol. The van der Waals surface area contributed by atoms with E-state index in [-0.39, 0.29) is 24.4 Å². The minimum atomic E-state index is -1.95. The molecule has 1 atom stereocenters. The van der Waals surface area contributed by atoms with E-state index in [1.807, 2.05) is 38.4 Å². The van der Waals surface area contributed by atoms with E-state index in [1.165, 1.54) is 0 Å². The van der Waals surface area contributed by atoms with Gasteiger partial charge in [0.15, 0.2) is 5.76 Å². The van der Waals surface area contributed by atoms with Gasteiger partial charge in [0.05, 0.1) is 13.7 Å². The maximum Gasteiger partial charge on any atom is 0.345 e. The molecule has 1 unspecified atom stereocenters. The molecule has 0 aromatic heterocycles.